The molecule has 0 fully saturated rings. The molecule has 0 aromatic heterocycles. The Bertz CT molecular complexity index is 282. The second kappa shape index (κ2) is 6.38. The number of hydrogen-bond donors (Lipinski definition) is 1. The van der Waals surface area contributed by atoms with E-state index in [9.17, 15) is 5.11 Å². The third-order valence-corrected chi connectivity index (χ3v) is 2.31. The van der Waals surface area contributed by atoms with Gasteiger partial charge in [0.15, 0.2) is 0 Å². The van der Waals surface area contributed by atoms with Crippen molar-refractivity contribution in [3.8, 4) is 0 Å². The monoisotopic (exact) mass is 206 g/mol. The molecule has 82 valence electrons. The Hall–Kier alpha value is -1.12. The van der Waals surface area contributed by atoms with Crippen molar-refractivity contribution in [2.75, 3.05) is 0 Å². The molecule has 0 aliphatic carbocycles. The predicted octanol–water partition coefficient (Wildman–Crippen LogP) is 2.53. The maximum absolute atomic E-state index is 9.60. The zero-order valence-electron chi connectivity index (χ0n) is 9.10. The maximum Gasteiger partial charge on any atom is 0.0833 e. The molecular weight excluding hydrogens is 188 g/mol. The van der Waals surface area contributed by atoms with E-state index in [1.54, 1.807) is 6.08 Å². The largest absolute Gasteiger partial charge is 0.390 e. The van der Waals surface area contributed by atoms with Crippen LogP contribution in [0.2, 0.25) is 0 Å². The molecule has 2 nitrogen and oxygen atoms in total. The highest BCUT2D eigenvalue weighted by atomic mass is 16.5. The molecule has 0 radical (unpaired) electrons. The van der Waals surface area contributed by atoms with Crippen molar-refractivity contribution < 1.29 is 9.84 Å². The van der Waals surface area contributed by atoms with E-state index < -0.39 is 6.10 Å². The standard InChI is InChI=1S/C13H18O2/c1-3-7-13(14)11(2)15-10-12-8-5-4-6-9-12/h3-6,8-9,11,13-14H,1,7,10H2,2H3/t11?,13-/m1/s1. The van der Waals surface area contributed by atoms with Crippen LogP contribution in [-0.4, -0.2) is 17.3 Å². The molecule has 2 atom stereocenters. The quantitative estimate of drug-likeness (QED) is 0.725. The molecule has 1 unspecified atom stereocenters. The molecule has 0 saturated heterocycles. The summed E-state index contributed by atoms with van der Waals surface area (Å²) >= 11 is 0. The van der Waals surface area contributed by atoms with Crippen molar-refractivity contribution >= 4 is 0 Å². The second-order valence-electron chi connectivity index (χ2n) is 3.59. The van der Waals surface area contributed by atoms with Gasteiger partial charge in [0.05, 0.1) is 18.8 Å². The summed E-state index contributed by atoms with van der Waals surface area (Å²) in [4.78, 5) is 0. The Morgan fingerprint density at radius 2 is 2.07 bits per heavy atom. The molecule has 2 heteroatoms. The number of ether oxygens (including phenoxy) is 1. The molecule has 0 saturated carbocycles. The van der Waals surface area contributed by atoms with Gasteiger partial charge in [-0.2, -0.15) is 0 Å². The van der Waals surface area contributed by atoms with E-state index in [2.05, 4.69) is 6.58 Å². The first-order valence-corrected chi connectivity index (χ1v) is 5.18. The normalized spacial score (nSPS) is 14.5. The number of aliphatic hydroxyl groups excluding tert-OH is 1. The Morgan fingerprint density at radius 3 is 2.67 bits per heavy atom. The second-order valence-corrected chi connectivity index (χ2v) is 3.59. The van der Waals surface area contributed by atoms with Crippen LogP contribution in [0.15, 0.2) is 43.0 Å². The number of hydrogen-bond acceptors (Lipinski definition) is 2. The molecule has 1 aromatic rings. The third-order valence-electron chi connectivity index (χ3n) is 2.31. The lowest BCUT2D eigenvalue weighted by molar-refractivity contribution is -0.0333. The number of rotatable bonds is 6. The molecule has 0 amide bonds. The first kappa shape index (κ1) is 12.0. The van der Waals surface area contributed by atoms with E-state index in [1.807, 2.05) is 37.3 Å². The summed E-state index contributed by atoms with van der Waals surface area (Å²) in [6, 6.07) is 9.94. The fourth-order valence-corrected chi connectivity index (χ4v) is 1.28. The predicted molar refractivity (Wildman–Crippen MR) is 61.5 cm³/mol. The van der Waals surface area contributed by atoms with Crippen LogP contribution in [0, 0.1) is 0 Å². The molecule has 1 N–H and O–H groups in total. The Morgan fingerprint density at radius 1 is 1.40 bits per heavy atom. The van der Waals surface area contributed by atoms with Crippen LogP contribution in [0.5, 0.6) is 0 Å². The summed E-state index contributed by atoms with van der Waals surface area (Å²) in [6.07, 6.45) is 1.64. The van der Waals surface area contributed by atoms with Gasteiger partial charge in [0.2, 0.25) is 0 Å². The van der Waals surface area contributed by atoms with Gasteiger partial charge in [-0.25, -0.2) is 0 Å². The van der Waals surface area contributed by atoms with E-state index in [0.29, 0.717) is 13.0 Å². The average molecular weight is 206 g/mol. The molecule has 0 bridgehead atoms. The minimum absolute atomic E-state index is 0.164. The van der Waals surface area contributed by atoms with Gasteiger partial charge in [-0.15, -0.1) is 6.58 Å². The highest BCUT2D eigenvalue weighted by Gasteiger charge is 2.12. The van der Waals surface area contributed by atoms with Gasteiger partial charge < -0.3 is 9.84 Å². The van der Waals surface area contributed by atoms with Crippen molar-refractivity contribution in [3.05, 3.63) is 48.6 Å². The van der Waals surface area contributed by atoms with Gasteiger partial charge >= 0.3 is 0 Å². The summed E-state index contributed by atoms with van der Waals surface area (Å²) in [6.45, 7) is 6.00. The highest BCUT2D eigenvalue weighted by molar-refractivity contribution is 5.13. The van der Waals surface area contributed by atoms with Crippen LogP contribution in [0.3, 0.4) is 0 Å². The third kappa shape index (κ3) is 4.28. The summed E-state index contributed by atoms with van der Waals surface area (Å²) in [5, 5.41) is 9.60. The van der Waals surface area contributed by atoms with Crippen molar-refractivity contribution in [1.29, 1.82) is 0 Å². The smallest absolute Gasteiger partial charge is 0.0833 e. The Balaban J connectivity index is 2.34. The highest BCUT2D eigenvalue weighted by Crippen LogP contribution is 2.08. The van der Waals surface area contributed by atoms with Crippen molar-refractivity contribution in [2.24, 2.45) is 0 Å². The van der Waals surface area contributed by atoms with Crippen molar-refractivity contribution in [1.82, 2.24) is 0 Å². The van der Waals surface area contributed by atoms with E-state index >= 15 is 0 Å². The molecule has 15 heavy (non-hydrogen) atoms. The first-order valence-electron chi connectivity index (χ1n) is 5.18. The maximum atomic E-state index is 9.60. The van der Waals surface area contributed by atoms with Crippen LogP contribution < -0.4 is 0 Å². The van der Waals surface area contributed by atoms with E-state index in [1.165, 1.54) is 0 Å². The zero-order chi connectivity index (χ0) is 11.1. The van der Waals surface area contributed by atoms with Gasteiger partial charge in [0.1, 0.15) is 0 Å². The average Bonchev–Trinajstić information content (AvgIpc) is 2.27. The molecule has 0 heterocycles. The van der Waals surface area contributed by atoms with Crippen molar-refractivity contribution in [3.63, 3.8) is 0 Å². The van der Waals surface area contributed by atoms with Crippen LogP contribution in [0.25, 0.3) is 0 Å². The van der Waals surface area contributed by atoms with Gasteiger partial charge in [0, 0.05) is 0 Å². The summed E-state index contributed by atoms with van der Waals surface area (Å²) in [7, 11) is 0. The van der Waals surface area contributed by atoms with E-state index in [0.717, 1.165) is 5.56 Å². The Labute approximate surface area is 91.2 Å². The van der Waals surface area contributed by atoms with Crippen LogP contribution in [-0.2, 0) is 11.3 Å². The van der Waals surface area contributed by atoms with Crippen molar-refractivity contribution in [2.45, 2.75) is 32.2 Å². The van der Waals surface area contributed by atoms with Gasteiger partial charge in [0.25, 0.3) is 0 Å². The van der Waals surface area contributed by atoms with Crippen LogP contribution in [0.4, 0.5) is 0 Å². The number of aliphatic hydroxyl groups is 1. The van der Waals surface area contributed by atoms with Crippen LogP contribution >= 0.6 is 0 Å². The summed E-state index contributed by atoms with van der Waals surface area (Å²) in [5.74, 6) is 0. The topological polar surface area (TPSA) is 29.5 Å². The summed E-state index contributed by atoms with van der Waals surface area (Å²) < 4.78 is 5.54. The number of benzene rings is 1. The molecule has 1 aromatic carbocycles. The van der Waals surface area contributed by atoms with E-state index in [4.69, 9.17) is 4.74 Å². The minimum Gasteiger partial charge on any atom is -0.390 e. The SMILES string of the molecule is C=CC[C@@H](O)C(C)OCc1ccccc1. The molecular formula is C13H18O2. The van der Waals surface area contributed by atoms with Gasteiger partial charge in [-0.3, -0.25) is 0 Å². The molecule has 0 aliphatic heterocycles. The van der Waals surface area contributed by atoms with Crippen LogP contribution in [0.1, 0.15) is 18.9 Å². The molecule has 1 rings (SSSR count). The van der Waals surface area contributed by atoms with E-state index in [-0.39, 0.29) is 6.10 Å². The lowest BCUT2D eigenvalue weighted by Gasteiger charge is -2.18. The van der Waals surface area contributed by atoms with Gasteiger partial charge in [-0.1, -0.05) is 36.4 Å². The fraction of sp³-hybridized carbons (Fsp3) is 0.385. The Kier molecular flexibility index (Phi) is 5.08. The lowest BCUT2D eigenvalue weighted by Crippen LogP contribution is -2.25. The molecule has 0 spiro atoms. The van der Waals surface area contributed by atoms with Gasteiger partial charge in [-0.05, 0) is 18.9 Å². The lowest BCUT2D eigenvalue weighted by atomic mass is 10.1. The molecule has 0 aliphatic rings. The zero-order valence-corrected chi connectivity index (χ0v) is 9.10. The fourth-order valence-electron chi connectivity index (χ4n) is 1.28. The minimum atomic E-state index is -0.466. The summed E-state index contributed by atoms with van der Waals surface area (Å²) in [5.41, 5.74) is 1.12. The first-order chi connectivity index (χ1) is 7.24.